The first-order chi connectivity index (χ1) is 13.2. The summed E-state index contributed by atoms with van der Waals surface area (Å²) in [5.41, 5.74) is 3.32. The summed E-state index contributed by atoms with van der Waals surface area (Å²) in [4.78, 5) is 4.48. The van der Waals surface area contributed by atoms with Crippen molar-refractivity contribution in [2.75, 3.05) is 32.1 Å². The SMILES string of the molecule is CN(C)c1ccc2nnc(C3CCN(Cc4noc5c4CCC5)CC3)n2n1. The van der Waals surface area contributed by atoms with Crippen LogP contribution < -0.4 is 4.90 Å². The van der Waals surface area contributed by atoms with Gasteiger partial charge in [-0.3, -0.25) is 4.90 Å². The van der Waals surface area contributed by atoms with Crippen LogP contribution in [0.2, 0.25) is 0 Å². The van der Waals surface area contributed by atoms with Gasteiger partial charge in [-0.1, -0.05) is 5.16 Å². The van der Waals surface area contributed by atoms with Crippen LogP contribution >= 0.6 is 0 Å². The van der Waals surface area contributed by atoms with E-state index in [2.05, 4.69) is 20.3 Å². The number of fused-ring (bicyclic) bond motifs is 2. The van der Waals surface area contributed by atoms with E-state index in [-0.39, 0.29) is 0 Å². The van der Waals surface area contributed by atoms with Crippen molar-refractivity contribution in [3.05, 3.63) is 35.0 Å². The van der Waals surface area contributed by atoms with Crippen LogP contribution in [-0.4, -0.2) is 57.1 Å². The topological polar surface area (TPSA) is 75.6 Å². The molecule has 8 heteroatoms. The molecule has 27 heavy (non-hydrogen) atoms. The van der Waals surface area contributed by atoms with Gasteiger partial charge in [-0.15, -0.1) is 15.3 Å². The zero-order chi connectivity index (χ0) is 18.4. The third-order valence-corrected chi connectivity index (χ3v) is 5.84. The second-order valence-electron chi connectivity index (χ2n) is 7.85. The van der Waals surface area contributed by atoms with Gasteiger partial charge in [0.2, 0.25) is 0 Å². The number of anilines is 1. The lowest BCUT2D eigenvalue weighted by atomic mass is 9.96. The minimum Gasteiger partial charge on any atom is -0.361 e. The number of hydrogen-bond donors (Lipinski definition) is 0. The third-order valence-electron chi connectivity index (χ3n) is 5.84. The molecule has 5 rings (SSSR count). The minimum absolute atomic E-state index is 0.393. The Bertz CT molecular complexity index is 952. The molecule has 0 spiro atoms. The van der Waals surface area contributed by atoms with E-state index >= 15 is 0 Å². The Morgan fingerprint density at radius 2 is 2.00 bits per heavy atom. The quantitative estimate of drug-likeness (QED) is 0.698. The summed E-state index contributed by atoms with van der Waals surface area (Å²) in [7, 11) is 3.99. The van der Waals surface area contributed by atoms with Gasteiger partial charge in [0.05, 0.1) is 0 Å². The second-order valence-corrected chi connectivity index (χ2v) is 7.85. The fourth-order valence-electron chi connectivity index (χ4n) is 4.26. The number of likely N-dealkylation sites (tertiary alicyclic amines) is 1. The van der Waals surface area contributed by atoms with E-state index in [1.54, 1.807) is 0 Å². The van der Waals surface area contributed by atoms with Crippen LogP contribution in [0, 0.1) is 0 Å². The van der Waals surface area contributed by atoms with Crippen LogP contribution in [-0.2, 0) is 19.4 Å². The lowest BCUT2D eigenvalue weighted by molar-refractivity contribution is 0.195. The predicted molar refractivity (Wildman–Crippen MR) is 101 cm³/mol. The molecule has 8 nitrogen and oxygen atoms in total. The Kier molecular flexibility index (Phi) is 4.07. The minimum atomic E-state index is 0.393. The van der Waals surface area contributed by atoms with E-state index in [1.165, 1.54) is 12.0 Å². The highest BCUT2D eigenvalue weighted by molar-refractivity contribution is 5.45. The zero-order valence-electron chi connectivity index (χ0n) is 15.9. The van der Waals surface area contributed by atoms with Crippen LogP contribution in [0.4, 0.5) is 5.82 Å². The van der Waals surface area contributed by atoms with E-state index in [1.807, 2.05) is 35.6 Å². The molecule has 0 saturated carbocycles. The molecule has 0 amide bonds. The molecule has 0 radical (unpaired) electrons. The van der Waals surface area contributed by atoms with Crippen molar-refractivity contribution < 1.29 is 4.52 Å². The summed E-state index contributed by atoms with van der Waals surface area (Å²) in [6, 6.07) is 3.96. The Morgan fingerprint density at radius 1 is 1.15 bits per heavy atom. The molecule has 0 unspecified atom stereocenters. The summed E-state index contributed by atoms with van der Waals surface area (Å²) < 4.78 is 7.41. The monoisotopic (exact) mass is 367 g/mol. The van der Waals surface area contributed by atoms with Gasteiger partial charge in [-0.25, -0.2) is 0 Å². The molecule has 0 bridgehead atoms. The molecule has 3 aromatic heterocycles. The molecule has 0 atom stereocenters. The number of piperidine rings is 1. The van der Waals surface area contributed by atoms with E-state index in [4.69, 9.17) is 9.62 Å². The van der Waals surface area contributed by atoms with Gasteiger partial charge < -0.3 is 9.42 Å². The first-order valence-electron chi connectivity index (χ1n) is 9.77. The van der Waals surface area contributed by atoms with Gasteiger partial charge >= 0.3 is 0 Å². The number of rotatable bonds is 4. The molecule has 1 aliphatic heterocycles. The predicted octanol–water partition coefficient (Wildman–Crippen LogP) is 2.05. The number of nitrogens with zero attached hydrogens (tertiary/aromatic N) is 7. The zero-order valence-corrected chi connectivity index (χ0v) is 15.9. The molecule has 2 aliphatic rings. The molecule has 0 aromatic carbocycles. The average molecular weight is 367 g/mol. The van der Waals surface area contributed by atoms with Crippen molar-refractivity contribution >= 4 is 11.5 Å². The van der Waals surface area contributed by atoms with Crippen molar-refractivity contribution in [1.82, 2.24) is 29.9 Å². The second kappa shape index (κ2) is 6.60. The fourth-order valence-corrected chi connectivity index (χ4v) is 4.26. The normalized spacial score (nSPS) is 18.3. The van der Waals surface area contributed by atoms with E-state index in [0.29, 0.717) is 5.92 Å². The Labute approximate surface area is 158 Å². The van der Waals surface area contributed by atoms with Crippen LogP contribution in [0.1, 0.15) is 48.0 Å². The van der Waals surface area contributed by atoms with Crippen molar-refractivity contribution in [1.29, 1.82) is 0 Å². The van der Waals surface area contributed by atoms with Crippen LogP contribution in [0.5, 0.6) is 0 Å². The van der Waals surface area contributed by atoms with Gasteiger partial charge in [0.1, 0.15) is 17.3 Å². The number of hydrogen-bond acceptors (Lipinski definition) is 7. The maximum absolute atomic E-state index is 5.50. The van der Waals surface area contributed by atoms with Gasteiger partial charge in [0.15, 0.2) is 11.5 Å². The molecule has 1 aliphatic carbocycles. The molecule has 1 fully saturated rings. The Hall–Kier alpha value is -2.48. The van der Waals surface area contributed by atoms with E-state index < -0.39 is 0 Å². The van der Waals surface area contributed by atoms with E-state index in [0.717, 1.165) is 74.1 Å². The summed E-state index contributed by atoms with van der Waals surface area (Å²) in [5.74, 6) is 3.40. The maximum atomic E-state index is 5.50. The van der Waals surface area contributed by atoms with Gasteiger partial charge in [-0.2, -0.15) is 4.52 Å². The third kappa shape index (κ3) is 2.97. The molecule has 4 heterocycles. The van der Waals surface area contributed by atoms with Crippen molar-refractivity contribution in [2.24, 2.45) is 0 Å². The van der Waals surface area contributed by atoms with Gasteiger partial charge in [-0.05, 0) is 50.9 Å². The molecule has 142 valence electrons. The highest BCUT2D eigenvalue weighted by atomic mass is 16.5. The largest absolute Gasteiger partial charge is 0.361 e. The van der Waals surface area contributed by atoms with Gasteiger partial charge in [0, 0.05) is 38.5 Å². The van der Waals surface area contributed by atoms with Crippen LogP contribution in [0.15, 0.2) is 16.7 Å². The molecule has 3 aromatic rings. The molecule has 1 saturated heterocycles. The van der Waals surface area contributed by atoms with Crippen molar-refractivity contribution in [2.45, 2.75) is 44.6 Å². The smallest absolute Gasteiger partial charge is 0.178 e. The first kappa shape index (κ1) is 16.7. The van der Waals surface area contributed by atoms with Crippen molar-refractivity contribution in [3.63, 3.8) is 0 Å². The lowest BCUT2D eigenvalue weighted by Crippen LogP contribution is -2.33. The fraction of sp³-hybridized carbons (Fsp3) is 0.579. The standard InChI is InChI=1S/C19H25N7O/c1-24(2)18-7-6-17-20-21-19(26(17)22-18)13-8-10-25(11-9-13)12-15-14-4-3-5-16(14)27-23-15/h6-7,13H,3-5,8-12H2,1-2H3. The lowest BCUT2D eigenvalue weighted by Gasteiger charge is -2.30. The van der Waals surface area contributed by atoms with Crippen LogP contribution in [0.3, 0.4) is 0 Å². The average Bonchev–Trinajstić information content (AvgIpc) is 3.39. The number of aromatic nitrogens is 5. The van der Waals surface area contributed by atoms with Crippen LogP contribution in [0.25, 0.3) is 5.65 Å². The highest BCUT2D eigenvalue weighted by Gasteiger charge is 2.28. The maximum Gasteiger partial charge on any atom is 0.178 e. The molecular formula is C19H25N7O. The molecule has 0 N–H and O–H groups in total. The summed E-state index contributed by atoms with van der Waals surface area (Å²) in [6.07, 6.45) is 5.50. The Balaban J connectivity index is 1.29. The van der Waals surface area contributed by atoms with Gasteiger partial charge in [0.25, 0.3) is 0 Å². The Morgan fingerprint density at radius 3 is 2.81 bits per heavy atom. The summed E-state index contributed by atoms with van der Waals surface area (Å²) in [6.45, 7) is 2.97. The summed E-state index contributed by atoms with van der Waals surface area (Å²) in [5, 5.41) is 17.8. The van der Waals surface area contributed by atoms with Crippen molar-refractivity contribution in [3.8, 4) is 0 Å². The highest BCUT2D eigenvalue weighted by Crippen LogP contribution is 2.30. The van der Waals surface area contributed by atoms with E-state index in [9.17, 15) is 0 Å². The summed E-state index contributed by atoms with van der Waals surface area (Å²) >= 11 is 0. The first-order valence-corrected chi connectivity index (χ1v) is 9.77. The number of aryl methyl sites for hydroxylation is 1. The molecular weight excluding hydrogens is 342 g/mol.